The van der Waals surface area contributed by atoms with Crippen molar-refractivity contribution in [1.29, 1.82) is 5.26 Å². The average Bonchev–Trinajstić information content (AvgIpc) is 3.13. The maximum Gasteiger partial charge on any atom is 0.241 e. The van der Waals surface area contributed by atoms with Crippen molar-refractivity contribution in [3.8, 4) is 6.07 Å². The lowest BCUT2D eigenvalue weighted by Gasteiger charge is -2.27. The Bertz CT molecular complexity index is 811. The SMILES string of the molecule is C[C@@]12C=C[C@@](CO)(O1)[C@H]1C(=O)N(c3ccccc3C#N)C(=O)[C@@H]12. The van der Waals surface area contributed by atoms with Crippen LogP contribution in [0.2, 0.25) is 0 Å². The first-order valence-electron chi connectivity index (χ1n) is 7.36. The molecule has 1 aromatic rings. The third-order valence-corrected chi connectivity index (χ3v) is 5.07. The molecule has 2 amide bonds. The third kappa shape index (κ3) is 1.53. The van der Waals surface area contributed by atoms with E-state index in [0.717, 1.165) is 4.90 Å². The summed E-state index contributed by atoms with van der Waals surface area (Å²) in [7, 11) is 0. The predicted molar refractivity (Wildman–Crippen MR) is 79.1 cm³/mol. The van der Waals surface area contributed by atoms with Crippen molar-refractivity contribution in [2.45, 2.75) is 18.1 Å². The van der Waals surface area contributed by atoms with Gasteiger partial charge < -0.3 is 9.84 Å². The van der Waals surface area contributed by atoms with E-state index in [4.69, 9.17) is 4.74 Å². The number of amides is 2. The van der Waals surface area contributed by atoms with Gasteiger partial charge in [0.15, 0.2) is 0 Å². The summed E-state index contributed by atoms with van der Waals surface area (Å²) in [4.78, 5) is 26.9. The van der Waals surface area contributed by atoms with E-state index in [1.165, 1.54) is 0 Å². The molecular formula is C17H14N2O4. The van der Waals surface area contributed by atoms with E-state index in [0.29, 0.717) is 0 Å². The number of imide groups is 1. The molecule has 0 aromatic heterocycles. The van der Waals surface area contributed by atoms with E-state index < -0.39 is 28.9 Å². The Balaban J connectivity index is 1.85. The summed E-state index contributed by atoms with van der Waals surface area (Å²) in [5, 5.41) is 19.0. The van der Waals surface area contributed by atoms with Gasteiger partial charge in [-0.3, -0.25) is 9.59 Å². The third-order valence-electron chi connectivity index (χ3n) is 5.07. The van der Waals surface area contributed by atoms with Gasteiger partial charge in [0.05, 0.1) is 35.3 Å². The molecule has 3 heterocycles. The second kappa shape index (κ2) is 4.28. The summed E-state index contributed by atoms with van der Waals surface area (Å²) in [6, 6.07) is 8.51. The van der Waals surface area contributed by atoms with Gasteiger partial charge in [0.1, 0.15) is 11.7 Å². The van der Waals surface area contributed by atoms with E-state index >= 15 is 0 Å². The Morgan fingerprint density at radius 3 is 2.65 bits per heavy atom. The second-order valence-electron chi connectivity index (χ2n) is 6.33. The van der Waals surface area contributed by atoms with Crippen molar-refractivity contribution in [2.75, 3.05) is 11.5 Å². The number of carbonyl (C=O) groups is 2. The zero-order valence-electron chi connectivity index (χ0n) is 12.4. The van der Waals surface area contributed by atoms with Gasteiger partial charge in [-0.1, -0.05) is 24.3 Å². The van der Waals surface area contributed by atoms with Crippen molar-refractivity contribution in [2.24, 2.45) is 11.8 Å². The number of fused-ring (bicyclic) bond motifs is 5. The van der Waals surface area contributed by atoms with E-state index in [9.17, 15) is 20.0 Å². The summed E-state index contributed by atoms with van der Waals surface area (Å²) in [6.07, 6.45) is 3.42. The molecule has 4 atom stereocenters. The van der Waals surface area contributed by atoms with Crippen LogP contribution in [0, 0.1) is 23.2 Å². The fourth-order valence-corrected chi connectivity index (χ4v) is 4.04. The Kier molecular flexibility index (Phi) is 2.63. The summed E-state index contributed by atoms with van der Waals surface area (Å²) < 4.78 is 5.85. The maximum absolute atomic E-state index is 12.9. The van der Waals surface area contributed by atoms with Gasteiger partial charge in [-0.2, -0.15) is 5.26 Å². The van der Waals surface area contributed by atoms with Crippen LogP contribution < -0.4 is 4.90 Å². The second-order valence-corrected chi connectivity index (χ2v) is 6.33. The topological polar surface area (TPSA) is 90.6 Å². The van der Waals surface area contributed by atoms with Gasteiger partial charge in [-0.05, 0) is 19.1 Å². The molecular weight excluding hydrogens is 296 g/mol. The lowest BCUT2D eigenvalue weighted by molar-refractivity contribution is -0.131. The molecule has 3 aliphatic heterocycles. The molecule has 3 aliphatic rings. The number of aliphatic hydroxyl groups excluding tert-OH is 1. The molecule has 0 radical (unpaired) electrons. The number of hydrogen-bond donors (Lipinski definition) is 1. The number of benzene rings is 1. The molecule has 1 N–H and O–H groups in total. The largest absolute Gasteiger partial charge is 0.393 e. The van der Waals surface area contributed by atoms with Crippen LogP contribution in [0.3, 0.4) is 0 Å². The van der Waals surface area contributed by atoms with Crippen LogP contribution in [0.15, 0.2) is 36.4 Å². The van der Waals surface area contributed by atoms with Gasteiger partial charge in [-0.15, -0.1) is 0 Å². The van der Waals surface area contributed by atoms with Crippen molar-refractivity contribution < 1.29 is 19.4 Å². The lowest BCUT2D eigenvalue weighted by Crippen LogP contribution is -2.43. The monoisotopic (exact) mass is 310 g/mol. The van der Waals surface area contributed by atoms with E-state index in [1.807, 2.05) is 6.07 Å². The van der Waals surface area contributed by atoms with Crippen LogP contribution in [-0.2, 0) is 14.3 Å². The molecule has 2 saturated heterocycles. The van der Waals surface area contributed by atoms with Gasteiger partial charge >= 0.3 is 0 Å². The summed E-state index contributed by atoms with van der Waals surface area (Å²) in [6.45, 7) is 1.38. The summed E-state index contributed by atoms with van der Waals surface area (Å²) in [5.74, 6) is -2.25. The first kappa shape index (κ1) is 14.1. The number of ether oxygens (including phenoxy) is 1. The number of hydrogen-bond acceptors (Lipinski definition) is 5. The fraction of sp³-hybridized carbons (Fsp3) is 0.353. The van der Waals surface area contributed by atoms with Crippen LogP contribution >= 0.6 is 0 Å². The molecule has 6 heteroatoms. The molecule has 0 aliphatic carbocycles. The van der Waals surface area contributed by atoms with Crippen LogP contribution in [0.1, 0.15) is 12.5 Å². The van der Waals surface area contributed by atoms with Crippen LogP contribution in [0.5, 0.6) is 0 Å². The van der Waals surface area contributed by atoms with Gasteiger partial charge in [0.25, 0.3) is 0 Å². The predicted octanol–water partition coefficient (Wildman–Crippen LogP) is 0.754. The normalized spacial score (nSPS) is 37.3. The molecule has 0 spiro atoms. The summed E-state index contributed by atoms with van der Waals surface area (Å²) in [5.41, 5.74) is -1.51. The quantitative estimate of drug-likeness (QED) is 0.643. The zero-order chi connectivity index (χ0) is 16.4. The van der Waals surface area contributed by atoms with Crippen molar-refractivity contribution in [1.82, 2.24) is 0 Å². The summed E-state index contributed by atoms with van der Waals surface area (Å²) >= 11 is 0. The number of carbonyl (C=O) groups excluding carboxylic acids is 2. The molecule has 0 saturated carbocycles. The standard InChI is InChI=1S/C17H14N2O4/c1-16-6-7-17(9-20,23-16)13-12(16)14(21)19(15(13)22)11-5-3-2-4-10(11)8-18/h2-7,12-13,20H,9H2,1H3/t12-,13-,16+,17+/m1/s1. The van der Waals surface area contributed by atoms with Gasteiger partial charge in [-0.25, -0.2) is 4.90 Å². The number of aliphatic hydroxyl groups is 1. The number of nitriles is 1. The van der Waals surface area contributed by atoms with Gasteiger partial charge in [0, 0.05) is 0 Å². The van der Waals surface area contributed by atoms with Crippen LogP contribution in [0.25, 0.3) is 0 Å². The minimum absolute atomic E-state index is 0.263. The molecule has 2 bridgehead atoms. The van der Waals surface area contributed by atoms with Crippen molar-refractivity contribution in [3.05, 3.63) is 42.0 Å². The number of para-hydroxylation sites is 1. The Morgan fingerprint density at radius 2 is 1.96 bits per heavy atom. The molecule has 0 unspecified atom stereocenters. The Labute approximate surface area is 132 Å². The fourth-order valence-electron chi connectivity index (χ4n) is 4.04. The number of nitrogens with zero attached hydrogens (tertiary/aromatic N) is 2. The highest BCUT2D eigenvalue weighted by molar-refractivity contribution is 6.24. The van der Waals surface area contributed by atoms with E-state index in [-0.39, 0.29) is 23.8 Å². The Morgan fingerprint density at radius 1 is 1.26 bits per heavy atom. The maximum atomic E-state index is 12.9. The molecule has 23 heavy (non-hydrogen) atoms. The minimum Gasteiger partial charge on any atom is -0.393 e. The smallest absolute Gasteiger partial charge is 0.241 e. The number of anilines is 1. The van der Waals surface area contributed by atoms with Crippen LogP contribution in [0.4, 0.5) is 5.69 Å². The lowest BCUT2D eigenvalue weighted by atomic mass is 9.73. The van der Waals surface area contributed by atoms with E-state index in [2.05, 4.69) is 0 Å². The first-order chi connectivity index (χ1) is 11.0. The zero-order valence-corrected chi connectivity index (χ0v) is 12.4. The van der Waals surface area contributed by atoms with Crippen molar-refractivity contribution in [3.63, 3.8) is 0 Å². The highest BCUT2D eigenvalue weighted by atomic mass is 16.5. The molecule has 2 fully saturated rings. The molecule has 1 aromatic carbocycles. The highest BCUT2D eigenvalue weighted by Crippen LogP contribution is 2.57. The average molecular weight is 310 g/mol. The van der Waals surface area contributed by atoms with E-state index in [1.54, 1.807) is 43.3 Å². The minimum atomic E-state index is -1.15. The van der Waals surface area contributed by atoms with Crippen molar-refractivity contribution >= 4 is 17.5 Å². The van der Waals surface area contributed by atoms with Crippen LogP contribution in [-0.4, -0.2) is 34.7 Å². The number of rotatable bonds is 2. The molecule has 116 valence electrons. The molecule has 4 rings (SSSR count). The molecule has 6 nitrogen and oxygen atoms in total. The highest BCUT2D eigenvalue weighted by Gasteiger charge is 2.72. The van der Waals surface area contributed by atoms with Gasteiger partial charge in [0.2, 0.25) is 11.8 Å². The first-order valence-corrected chi connectivity index (χ1v) is 7.36. The Hall–Kier alpha value is -2.49.